The third-order valence-corrected chi connectivity index (χ3v) is 4.23. The Bertz CT molecular complexity index is 883. The van der Waals surface area contributed by atoms with Gasteiger partial charge >= 0.3 is 0 Å². The molecule has 2 aromatic heterocycles. The maximum atomic E-state index is 12.6. The molecule has 0 aliphatic heterocycles. The van der Waals surface area contributed by atoms with Gasteiger partial charge in [0.15, 0.2) is 0 Å². The number of hydrogen-bond donors (Lipinski definition) is 1. The van der Waals surface area contributed by atoms with Crippen LogP contribution in [0.25, 0.3) is 11.3 Å². The lowest BCUT2D eigenvalue weighted by Gasteiger charge is -2.16. The van der Waals surface area contributed by atoms with Crippen molar-refractivity contribution < 1.29 is 9.53 Å². The molecule has 0 bridgehead atoms. The fourth-order valence-corrected chi connectivity index (χ4v) is 2.70. The zero-order valence-corrected chi connectivity index (χ0v) is 14.9. The Morgan fingerprint density at radius 1 is 1.40 bits per heavy atom. The highest BCUT2D eigenvalue weighted by atomic mass is 35.5. The molecule has 0 radical (unpaired) electrons. The van der Waals surface area contributed by atoms with Crippen LogP contribution in [-0.2, 0) is 13.6 Å². The highest BCUT2D eigenvalue weighted by molar-refractivity contribution is 6.31. The van der Waals surface area contributed by atoms with E-state index < -0.39 is 0 Å². The van der Waals surface area contributed by atoms with Gasteiger partial charge in [0.25, 0.3) is 5.91 Å². The molecule has 0 atom stereocenters. The lowest BCUT2D eigenvalue weighted by molar-refractivity contribution is 0.0776. The summed E-state index contributed by atoms with van der Waals surface area (Å²) in [6.07, 6.45) is 1.56. The summed E-state index contributed by atoms with van der Waals surface area (Å²) in [5.74, 6) is 0.551. The molecule has 3 aromatic rings. The fourth-order valence-electron chi connectivity index (χ4n) is 2.48. The van der Waals surface area contributed by atoms with Gasteiger partial charge in [-0.3, -0.25) is 14.6 Å². The van der Waals surface area contributed by atoms with Crippen molar-refractivity contribution in [2.24, 2.45) is 7.05 Å². The van der Waals surface area contributed by atoms with Crippen molar-refractivity contribution in [2.45, 2.75) is 6.54 Å². The van der Waals surface area contributed by atoms with Crippen molar-refractivity contribution in [3.05, 3.63) is 52.9 Å². The van der Waals surface area contributed by atoms with Crippen LogP contribution in [0.15, 0.2) is 36.5 Å². The van der Waals surface area contributed by atoms with Gasteiger partial charge in [-0.1, -0.05) is 23.7 Å². The quantitative estimate of drug-likeness (QED) is 0.760. The molecule has 0 saturated heterocycles. The van der Waals surface area contributed by atoms with Gasteiger partial charge in [0.05, 0.1) is 36.3 Å². The van der Waals surface area contributed by atoms with Crippen molar-refractivity contribution in [3.63, 3.8) is 0 Å². The number of H-pyrrole nitrogens is 1. The van der Waals surface area contributed by atoms with E-state index in [1.807, 2.05) is 24.3 Å². The van der Waals surface area contributed by atoms with E-state index in [2.05, 4.69) is 15.3 Å². The van der Waals surface area contributed by atoms with Crippen LogP contribution in [0, 0.1) is 0 Å². The number of halogens is 1. The third-order valence-electron chi connectivity index (χ3n) is 3.92. The van der Waals surface area contributed by atoms with Gasteiger partial charge < -0.3 is 9.64 Å². The molecule has 25 heavy (non-hydrogen) atoms. The summed E-state index contributed by atoms with van der Waals surface area (Å²) >= 11 is 6.10. The van der Waals surface area contributed by atoms with Gasteiger partial charge in [-0.05, 0) is 18.2 Å². The Morgan fingerprint density at radius 2 is 2.20 bits per heavy atom. The van der Waals surface area contributed by atoms with E-state index >= 15 is 0 Å². The van der Waals surface area contributed by atoms with Gasteiger partial charge in [0, 0.05) is 19.7 Å². The summed E-state index contributed by atoms with van der Waals surface area (Å²) in [5.41, 5.74) is 2.71. The monoisotopic (exact) mass is 359 g/mol. The first-order valence-electron chi connectivity index (χ1n) is 7.61. The summed E-state index contributed by atoms with van der Waals surface area (Å²) < 4.78 is 6.87. The van der Waals surface area contributed by atoms with Crippen LogP contribution in [0.1, 0.15) is 16.2 Å². The maximum absolute atomic E-state index is 12.6. The van der Waals surface area contributed by atoms with Crippen molar-refractivity contribution in [1.29, 1.82) is 0 Å². The first-order valence-corrected chi connectivity index (χ1v) is 7.99. The summed E-state index contributed by atoms with van der Waals surface area (Å²) in [4.78, 5) is 14.2. The van der Waals surface area contributed by atoms with E-state index in [0.29, 0.717) is 23.0 Å². The molecule has 2 heterocycles. The fraction of sp³-hybridized carbons (Fsp3) is 0.235. The second-order valence-corrected chi connectivity index (χ2v) is 6.03. The summed E-state index contributed by atoms with van der Waals surface area (Å²) in [7, 11) is 5.10. The molecule has 0 unspecified atom stereocenters. The third kappa shape index (κ3) is 3.51. The molecule has 8 heteroatoms. The highest BCUT2D eigenvalue weighted by Gasteiger charge is 2.18. The number of carbonyl (C=O) groups excluding carboxylic acids is 1. The van der Waals surface area contributed by atoms with Crippen molar-refractivity contribution in [3.8, 4) is 17.0 Å². The SMILES string of the molecule is COc1cccc(-c2cc(C(=O)N(C)Cc3c(Cl)cnn3C)[nH]n2)c1. The predicted molar refractivity (Wildman–Crippen MR) is 94.6 cm³/mol. The number of carbonyl (C=O) groups is 1. The van der Waals surface area contributed by atoms with Crippen LogP contribution in [0.2, 0.25) is 5.02 Å². The van der Waals surface area contributed by atoms with Crippen LogP contribution < -0.4 is 4.74 Å². The second kappa shape index (κ2) is 6.98. The summed E-state index contributed by atoms with van der Waals surface area (Å²) in [6, 6.07) is 9.22. The van der Waals surface area contributed by atoms with Gasteiger partial charge in [-0.2, -0.15) is 10.2 Å². The number of aryl methyl sites for hydroxylation is 1. The average molecular weight is 360 g/mol. The number of nitrogens with zero attached hydrogens (tertiary/aromatic N) is 4. The number of ether oxygens (including phenoxy) is 1. The number of methoxy groups -OCH3 is 1. The molecule has 7 nitrogen and oxygen atoms in total. The van der Waals surface area contributed by atoms with Crippen LogP contribution in [0.4, 0.5) is 0 Å². The Hall–Kier alpha value is -2.80. The number of amides is 1. The van der Waals surface area contributed by atoms with Crippen molar-refractivity contribution >= 4 is 17.5 Å². The minimum absolute atomic E-state index is 0.182. The number of aromatic nitrogens is 4. The number of hydrogen-bond acceptors (Lipinski definition) is 4. The average Bonchev–Trinajstić information content (AvgIpc) is 3.23. The smallest absolute Gasteiger partial charge is 0.271 e. The molecule has 1 N–H and O–H groups in total. The Labute approximate surface area is 150 Å². The molecule has 130 valence electrons. The molecular weight excluding hydrogens is 342 g/mol. The zero-order chi connectivity index (χ0) is 18.0. The van der Waals surface area contributed by atoms with Gasteiger partial charge in [-0.15, -0.1) is 0 Å². The predicted octanol–water partition coefficient (Wildman–Crippen LogP) is 2.74. The Morgan fingerprint density at radius 3 is 2.88 bits per heavy atom. The van der Waals surface area contributed by atoms with E-state index in [-0.39, 0.29) is 5.91 Å². The first kappa shape index (κ1) is 17.0. The number of rotatable bonds is 5. The van der Waals surface area contributed by atoms with Crippen molar-refractivity contribution in [1.82, 2.24) is 24.9 Å². The van der Waals surface area contributed by atoms with Gasteiger partial charge in [0.2, 0.25) is 0 Å². The van der Waals surface area contributed by atoms with E-state index in [4.69, 9.17) is 16.3 Å². The maximum Gasteiger partial charge on any atom is 0.271 e. The number of benzene rings is 1. The first-order chi connectivity index (χ1) is 12.0. The summed E-state index contributed by atoms with van der Waals surface area (Å²) in [5, 5.41) is 11.6. The molecule has 0 aliphatic carbocycles. The molecule has 1 aromatic carbocycles. The molecule has 0 saturated carbocycles. The van der Waals surface area contributed by atoms with Gasteiger partial charge in [0.1, 0.15) is 11.4 Å². The van der Waals surface area contributed by atoms with Crippen LogP contribution in [-0.4, -0.2) is 44.9 Å². The largest absolute Gasteiger partial charge is 0.497 e. The van der Waals surface area contributed by atoms with Crippen LogP contribution in [0.3, 0.4) is 0 Å². The van der Waals surface area contributed by atoms with E-state index in [9.17, 15) is 4.79 Å². The normalized spacial score (nSPS) is 10.7. The van der Waals surface area contributed by atoms with E-state index in [1.165, 1.54) is 0 Å². The number of nitrogens with one attached hydrogen (secondary N) is 1. The molecule has 0 fully saturated rings. The zero-order valence-electron chi connectivity index (χ0n) is 14.2. The van der Waals surface area contributed by atoms with E-state index in [1.54, 1.807) is 43.1 Å². The second-order valence-electron chi connectivity index (χ2n) is 5.62. The standard InChI is InChI=1S/C17H18ClN5O2/c1-22(10-16-13(18)9-19-23(16)2)17(24)15-8-14(20-21-15)11-5-4-6-12(7-11)25-3/h4-9H,10H2,1-3H3,(H,20,21). The molecule has 0 aliphatic rings. The minimum atomic E-state index is -0.182. The number of aromatic amines is 1. The molecule has 1 amide bonds. The van der Waals surface area contributed by atoms with Gasteiger partial charge in [-0.25, -0.2) is 0 Å². The van der Waals surface area contributed by atoms with Crippen molar-refractivity contribution in [2.75, 3.05) is 14.2 Å². The lowest BCUT2D eigenvalue weighted by Crippen LogP contribution is -2.27. The summed E-state index contributed by atoms with van der Waals surface area (Å²) in [6.45, 7) is 0.349. The van der Waals surface area contributed by atoms with Crippen LogP contribution in [0.5, 0.6) is 5.75 Å². The topological polar surface area (TPSA) is 76.0 Å². The molecular formula is C17H18ClN5O2. The minimum Gasteiger partial charge on any atom is -0.497 e. The lowest BCUT2D eigenvalue weighted by atomic mass is 10.1. The van der Waals surface area contributed by atoms with Crippen LogP contribution >= 0.6 is 11.6 Å². The Kier molecular flexibility index (Phi) is 4.76. The molecule has 3 rings (SSSR count). The van der Waals surface area contributed by atoms with E-state index in [0.717, 1.165) is 17.0 Å². The highest BCUT2D eigenvalue weighted by Crippen LogP contribution is 2.23. The Balaban J connectivity index is 1.78. The molecule has 0 spiro atoms.